The molecule has 0 saturated carbocycles. The molecule has 1 atom stereocenters. The fraction of sp³-hybridized carbons (Fsp3) is 0.333. The first kappa shape index (κ1) is 10.2. The van der Waals surface area contributed by atoms with E-state index in [2.05, 4.69) is 0 Å². The van der Waals surface area contributed by atoms with E-state index in [9.17, 15) is 4.57 Å². The second kappa shape index (κ2) is 4.35. The first-order chi connectivity index (χ1) is 6.15. The van der Waals surface area contributed by atoms with Crippen molar-refractivity contribution in [2.45, 2.75) is 13.8 Å². The molecule has 0 heterocycles. The molecule has 4 heteroatoms. The first-order valence-corrected chi connectivity index (χ1v) is 5.29. The highest BCUT2D eigenvalue weighted by Gasteiger charge is 2.24. The molecule has 0 fully saturated rings. The van der Waals surface area contributed by atoms with Gasteiger partial charge in [-0.1, -0.05) is 6.07 Å². The Bertz CT molecular complexity index is 325. The zero-order valence-corrected chi connectivity index (χ0v) is 8.67. The monoisotopic (exact) mass is 198 g/mol. The summed E-state index contributed by atoms with van der Waals surface area (Å²) >= 11 is 0. The molecule has 0 aliphatic rings. The second-order valence-electron chi connectivity index (χ2n) is 2.74. The summed E-state index contributed by atoms with van der Waals surface area (Å²) in [6.07, 6.45) is 0. The van der Waals surface area contributed by atoms with E-state index in [0.29, 0.717) is 17.6 Å². The molecule has 13 heavy (non-hydrogen) atoms. The zero-order valence-electron chi connectivity index (χ0n) is 7.78. The van der Waals surface area contributed by atoms with Crippen LogP contribution < -0.4 is 11.0 Å². The van der Waals surface area contributed by atoms with Crippen LogP contribution in [0.25, 0.3) is 0 Å². The Balaban J connectivity index is 2.95. The van der Waals surface area contributed by atoms with Gasteiger partial charge in [0.05, 0.1) is 5.69 Å². The predicted octanol–water partition coefficient (Wildman–Crippen LogP) is 1.98. The molecule has 2 N–H and O–H groups in total. The summed E-state index contributed by atoms with van der Waals surface area (Å²) < 4.78 is 16.4. The van der Waals surface area contributed by atoms with Crippen LogP contribution in [0.2, 0.25) is 0 Å². The molecule has 1 aromatic rings. The van der Waals surface area contributed by atoms with Crippen LogP contribution in [-0.2, 0) is 9.09 Å². The first-order valence-electron chi connectivity index (χ1n) is 4.11. The van der Waals surface area contributed by atoms with Gasteiger partial charge in [-0.15, -0.1) is 4.52 Å². The lowest BCUT2D eigenvalue weighted by Crippen LogP contribution is -2.06. The van der Waals surface area contributed by atoms with Gasteiger partial charge in [0.15, 0.2) is 0 Å². The third kappa shape index (κ3) is 2.51. The third-order valence-electron chi connectivity index (χ3n) is 1.63. The molecule has 1 rings (SSSR count). The Morgan fingerprint density at radius 3 is 2.77 bits per heavy atom. The topological polar surface area (TPSA) is 52.3 Å². The minimum Gasteiger partial charge on any atom is -0.395 e. The molecular weight excluding hydrogens is 185 g/mol. The molecular formula is C9H13NO2P+. The smallest absolute Gasteiger partial charge is 0.395 e. The average molecular weight is 198 g/mol. The molecule has 1 unspecified atom stereocenters. The van der Waals surface area contributed by atoms with Crippen molar-refractivity contribution in [2.24, 2.45) is 0 Å². The van der Waals surface area contributed by atoms with Crippen LogP contribution in [0.3, 0.4) is 0 Å². The molecule has 1 aromatic carbocycles. The Morgan fingerprint density at radius 2 is 2.23 bits per heavy atom. The number of nitrogens with two attached hydrogens (primary N) is 1. The van der Waals surface area contributed by atoms with Crippen LogP contribution in [0.15, 0.2) is 18.2 Å². The Hall–Kier alpha value is -0.920. The van der Waals surface area contributed by atoms with E-state index in [1.807, 2.05) is 13.0 Å². The van der Waals surface area contributed by atoms with Gasteiger partial charge in [-0.25, -0.2) is 0 Å². The summed E-state index contributed by atoms with van der Waals surface area (Å²) in [5.41, 5.74) is 7.28. The van der Waals surface area contributed by atoms with Gasteiger partial charge in [0.2, 0.25) is 5.30 Å². The van der Waals surface area contributed by atoms with Gasteiger partial charge in [-0.2, -0.15) is 0 Å². The Kier molecular flexibility index (Phi) is 3.40. The predicted molar refractivity (Wildman–Crippen MR) is 54.5 cm³/mol. The SMILES string of the molecule is CCO[P+](=O)c1ccc(C)cc1N. The van der Waals surface area contributed by atoms with E-state index in [-0.39, 0.29) is 0 Å². The van der Waals surface area contributed by atoms with Crippen LogP contribution in [0, 0.1) is 6.92 Å². The summed E-state index contributed by atoms with van der Waals surface area (Å²) in [6.45, 7) is 4.17. The van der Waals surface area contributed by atoms with Crippen molar-refractivity contribution in [2.75, 3.05) is 12.3 Å². The number of nitrogen functional groups attached to an aromatic ring is 1. The zero-order chi connectivity index (χ0) is 9.84. The van der Waals surface area contributed by atoms with Crippen molar-refractivity contribution in [3.63, 3.8) is 0 Å². The Morgan fingerprint density at radius 1 is 1.54 bits per heavy atom. The lowest BCUT2D eigenvalue weighted by Gasteiger charge is -1.95. The fourth-order valence-electron chi connectivity index (χ4n) is 1.03. The summed E-state index contributed by atoms with van der Waals surface area (Å²) in [4.78, 5) is 0. The lowest BCUT2D eigenvalue weighted by atomic mass is 10.2. The maximum absolute atomic E-state index is 11.4. The maximum atomic E-state index is 11.4. The van der Waals surface area contributed by atoms with Gasteiger partial charge < -0.3 is 5.73 Å². The highest BCUT2D eigenvalue weighted by atomic mass is 31.1. The van der Waals surface area contributed by atoms with Crippen LogP contribution in [-0.4, -0.2) is 6.61 Å². The number of hydrogen-bond donors (Lipinski definition) is 1. The number of aryl methyl sites for hydroxylation is 1. The highest BCUT2D eigenvalue weighted by Crippen LogP contribution is 2.24. The number of anilines is 1. The summed E-state index contributed by atoms with van der Waals surface area (Å²) in [7, 11) is -1.78. The number of rotatable bonds is 3. The van der Waals surface area contributed by atoms with Crippen LogP contribution in [0.1, 0.15) is 12.5 Å². The second-order valence-corrected chi connectivity index (χ2v) is 3.99. The molecule has 0 aromatic heterocycles. The van der Waals surface area contributed by atoms with Crippen molar-refractivity contribution >= 4 is 19.0 Å². The van der Waals surface area contributed by atoms with E-state index < -0.39 is 8.03 Å². The van der Waals surface area contributed by atoms with Gasteiger partial charge in [-0.05, 0) is 36.1 Å². The van der Waals surface area contributed by atoms with Gasteiger partial charge in [0, 0.05) is 0 Å². The summed E-state index contributed by atoms with van der Waals surface area (Å²) in [5.74, 6) is 0. The van der Waals surface area contributed by atoms with E-state index in [0.717, 1.165) is 5.56 Å². The summed E-state index contributed by atoms with van der Waals surface area (Å²) in [6, 6.07) is 5.42. The van der Waals surface area contributed by atoms with Crippen LogP contribution in [0.4, 0.5) is 5.69 Å². The standard InChI is InChI=1S/C9H13NO2P/c1-3-12-13(11)9-5-4-7(2)6-8(9)10/h4-6H,3,10H2,1-2H3/q+1. The molecule has 0 bridgehead atoms. The molecule has 0 radical (unpaired) electrons. The van der Waals surface area contributed by atoms with Crippen molar-refractivity contribution < 1.29 is 9.09 Å². The van der Waals surface area contributed by atoms with E-state index in [4.69, 9.17) is 10.3 Å². The van der Waals surface area contributed by atoms with Crippen molar-refractivity contribution in [3.8, 4) is 0 Å². The summed E-state index contributed by atoms with van der Waals surface area (Å²) in [5, 5.41) is 0.586. The molecule has 0 aliphatic carbocycles. The molecule has 70 valence electrons. The minimum absolute atomic E-state index is 0.433. The number of benzene rings is 1. The number of hydrogen-bond acceptors (Lipinski definition) is 3. The molecule has 0 aliphatic heterocycles. The molecule has 0 spiro atoms. The molecule has 3 nitrogen and oxygen atoms in total. The van der Waals surface area contributed by atoms with E-state index in [1.54, 1.807) is 19.1 Å². The normalized spacial score (nSPS) is 11.4. The van der Waals surface area contributed by atoms with Gasteiger partial charge in [0.1, 0.15) is 6.61 Å². The van der Waals surface area contributed by atoms with E-state index in [1.165, 1.54) is 0 Å². The van der Waals surface area contributed by atoms with Crippen molar-refractivity contribution in [1.29, 1.82) is 0 Å². The molecule has 0 saturated heterocycles. The minimum atomic E-state index is -1.78. The fourth-order valence-corrected chi connectivity index (χ4v) is 1.87. The van der Waals surface area contributed by atoms with Gasteiger partial charge in [0.25, 0.3) is 0 Å². The van der Waals surface area contributed by atoms with Crippen molar-refractivity contribution in [3.05, 3.63) is 23.8 Å². The average Bonchev–Trinajstić information content (AvgIpc) is 2.04. The largest absolute Gasteiger partial charge is 0.550 e. The maximum Gasteiger partial charge on any atom is 0.550 e. The lowest BCUT2D eigenvalue weighted by molar-refractivity contribution is 0.357. The van der Waals surface area contributed by atoms with E-state index >= 15 is 0 Å². The van der Waals surface area contributed by atoms with Gasteiger partial charge in [-0.3, -0.25) is 0 Å². The third-order valence-corrected chi connectivity index (χ3v) is 2.92. The Labute approximate surface area is 78.8 Å². The van der Waals surface area contributed by atoms with Crippen molar-refractivity contribution in [1.82, 2.24) is 0 Å². The van der Waals surface area contributed by atoms with Gasteiger partial charge >= 0.3 is 8.03 Å². The molecule has 0 amide bonds. The van der Waals surface area contributed by atoms with Crippen LogP contribution >= 0.6 is 8.03 Å². The quantitative estimate of drug-likeness (QED) is 0.596. The highest BCUT2D eigenvalue weighted by molar-refractivity contribution is 7.48. The van der Waals surface area contributed by atoms with Crippen LogP contribution in [0.5, 0.6) is 0 Å².